The van der Waals surface area contributed by atoms with Gasteiger partial charge in [0.15, 0.2) is 0 Å². The van der Waals surface area contributed by atoms with Gasteiger partial charge in [0, 0.05) is 12.6 Å². The molecular formula is C13H21N3O3S. The summed E-state index contributed by atoms with van der Waals surface area (Å²) in [6.45, 7) is 3.49. The number of piperidine rings is 1. The minimum Gasteiger partial charge on any atom is -0.490 e. The van der Waals surface area contributed by atoms with Crippen LogP contribution >= 0.6 is 0 Å². The van der Waals surface area contributed by atoms with Gasteiger partial charge in [-0.05, 0) is 38.1 Å². The Morgan fingerprint density at radius 1 is 1.20 bits per heavy atom. The minimum absolute atomic E-state index is 0.0136. The van der Waals surface area contributed by atoms with E-state index in [1.54, 1.807) is 0 Å². The van der Waals surface area contributed by atoms with E-state index in [9.17, 15) is 8.42 Å². The van der Waals surface area contributed by atoms with E-state index >= 15 is 0 Å². The SMILES string of the molecule is Nc1ccc(S(N)(=O)=O)cc1OCCN1CCCCC1. The Balaban J connectivity index is 1.94. The Morgan fingerprint density at radius 2 is 1.90 bits per heavy atom. The molecule has 4 N–H and O–H groups in total. The molecule has 112 valence electrons. The molecule has 0 spiro atoms. The number of sulfonamides is 1. The lowest BCUT2D eigenvalue weighted by Gasteiger charge is -2.26. The molecule has 1 heterocycles. The maximum atomic E-state index is 11.3. The molecule has 1 fully saturated rings. The van der Waals surface area contributed by atoms with Gasteiger partial charge in [-0.1, -0.05) is 6.42 Å². The highest BCUT2D eigenvalue weighted by Crippen LogP contribution is 2.24. The van der Waals surface area contributed by atoms with E-state index in [0.717, 1.165) is 19.6 Å². The third-order valence-corrected chi connectivity index (χ3v) is 4.34. The van der Waals surface area contributed by atoms with Crippen molar-refractivity contribution in [1.82, 2.24) is 4.90 Å². The van der Waals surface area contributed by atoms with Crippen molar-refractivity contribution in [2.24, 2.45) is 5.14 Å². The van der Waals surface area contributed by atoms with Crippen molar-refractivity contribution < 1.29 is 13.2 Å². The van der Waals surface area contributed by atoms with E-state index in [-0.39, 0.29) is 4.90 Å². The first kappa shape index (κ1) is 15.1. The zero-order valence-corrected chi connectivity index (χ0v) is 12.2. The van der Waals surface area contributed by atoms with Gasteiger partial charge in [-0.25, -0.2) is 13.6 Å². The highest BCUT2D eigenvalue weighted by Gasteiger charge is 2.13. The van der Waals surface area contributed by atoms with Crippen LogP contribution in [-0.2, 0) is 10.0 Å². The first-order valence-electron chi connectivity index (χ1n) is 6.74. The van der Waals surface area contributed by atoms with Crippen molar-refractivity contribution in [2.45, 2.75) is 24.2 Å². The number of likely N-dealkylation sites (tertiary alicyclic amines) is 1. The van der Waals surface area contributed by atoms with Crippen LogP contribution < -0.4 is 15.6 Å². The molecular weight excluding hydrogens is 278 g/mol. The summed E-state index contributed by atoms with van der Waals surface area (Å²) in [4.78, 5) is 2.35. The van der Waals surface area contributed by atoms with Crippen LogP contribution in [0.2, 0.25) is 0 Å². The summed E-state index contributed by atoms with van der Waals surface area (Å²) in [5, 5.41) is 5.09. The minimum atomic E-state index is -3.73. The van der Waals surface area contributed by atoms with Crippen molar-refractivity contribution in [2.75, 3.05) is 32.0 Å². The quantitative estimate of drug-likeness (QED) is 0.783. The van der Waals surface area contributed by atoms with Gasteiger partial charge in [-0.3, -0.25) is 4.90 Å². The van der Waals surface area contributed by atoms with Gasteiger partial charge in [0.2, 0.25) is 10.0 Å². The number of ether oxygens (including phenoxy) is 1. The van der Waals surface area contributed by atoms with E-state index in [1.807, 2.05) is 0 Å². The van der Waals surface area contributed by atoms with E-state index < -0.39 is 10.0 Å². The molecule has 6 nitrogen and oxygen atoms in total. The topological polar surface area (TPSA) is 98.7 Å². The molecule has 1 aliphatic rings. The molecule has 0 aromatic heterocycles. The highest BCUT2D eigenvalue weighted by atomic mass is 32.2. The molecule has 2 rings (SSSR count). The molecule has 20 heavy (non-hydrogen) atoms. The lowest BCUT2D eigenvalue weighted by atomic mass is 10.1. The number of hydrogen-bond acceptors (Lipinski definition) is 5. The molecule has 0 saturated carbocycles. The largest absolute Gasteiger partial charge is 0.490 e. The van der Waals surface area contributed by atoms with Crippen LogP contribution in [0.4, 0.5) is 5.69 Å². The Kier molecular flexibility index (Phi) is 4.85. The molecule has 1 saturated heterocycles. The highest BCUT2D eigenvalue weighted by molar-refractivity contribution is 7.89. The number of benzene rings is 1. The van der Waals surface area contributed by atoms with Gasteiger partial charge in [0.05, 0.1) is 10.6 Å². The fourth-order valence-corrected chi connectivity index (χ4v) is 2.81. The second-order valence-corrected chi connectivity index (χ2v) is 6.56. The summed E-state index contributed by atoms with van der Waals surface area (Å²) >= 11 is 0. The number of primary sulfonamides is 1. The number of nitrogens with zero attached hydrogens (tertiary/aromatic N) is 1. The smallest absolute Gasteiger partial charge is 0.238 e. The van der Waals surface area contributed by atoms with Gasteiger partial charge >= 0.3 is 0 Å². The van der Waals surface area contributed by atoms with Gasteiger partial charge in [0.25, 0.3) is 0 Å². The van der Waals surface area contributed by atoms with Crippen molar-refractivity contribution in [3.8, 4) is 5.75 Å². The van der Waals surface area contributed by atoms with E-state index in [0.29, 0.717) is 18.0 Å². The van der Waals surface area contributed by atoms with Crippen molar-refractivity contribution in [1.29, 1.82) is 0 Å². The van der Waals surface area contributed by atoms with Gasteiger partial charge < -0.3 is 10.5 Å². The van der Waals surface area contributed by atoms with Crippen LogP contribution in [0.25, 0.3) is 0 Å². The third-order valence-electron chi connectivity index (χ3n) is 3.43. The summed E-state index contributed by atoms with van der Waals surface area (Å²) in [6.07, 6.45) is 3.74. The molecule has 0 unspecified atom stereocenters. The molecule has 0 aliphatic carbocycles. The lowest BCUT2D eigenvalue weighted by molar-refractivity contribution is 0.183. The third kappa shape index (κ3) is 4.09. The fourth-order valence-electron chi connectivity index (χ4n) is 2.28. The number of nitrogens with two attached hydrogens (primary N) is 2. The maximum absolute atomic E-state index is 11.3. The average Bonchev–Trinajstić information content (AvgIpc) is 2.41. The second-order valence-electron chi connectivity index (χ2n) is 5.00. The molecule has 1 aliphatic heterocycles. The average molecular weight is 299 g/mol. The number of anilines is 1. The van der Waals surface area contributed by atoms with Crippen LogP contribution in [0.15, 0.2) is 23.1 Å². The van der Waals surface area contributed by atoms with E-state index in [1.165, 1.54) is 37.5 Å². The van der Waals surface area contributed by atoms with Crippen molar-refractivity contribution in [3.63, 3.8) is 0 Å². The molecule has 1 aromatic rings. The van der Waals surface area contributed by atoms with Crippen LogP contribution in [0.1, 0.15) is 19.3 Å². The standard InChI is InChI=1S/C13H21N3O3S/c14-12-5-4-11(20(15,17)18)10-13(12)19-9-8-16-6-2-1-3-7-16/h4-5,10H,1-3,6-9,14H2,(H2,15,17,18). The number of hydrogen-bond donors (Lipinski definition) is 2. The zero-order valence-electron chi connectivity index (χ0n) is 11.4. The first-order valence-corrected chi connectivity index (χ1v) is 8.29. The Bertz CT molecular complexity index is 554. The Labute approximate surface area is 119 Å². The van der Waals surface area contributed by atoms with Gasteiger partial charge in [-0.2, -0.15) is 0 Å². The normalized spacial score (nSPS) is 17.1. The summed E-state index contributed by atoms with van der Waals surface area (Å²) in [5.74, 6) is 0.369. The predicted molar refractivity (Wildman–Crippen MR) is 78.0 cm³/mol. The second kappa shape index (κ2) is 6.43. The molecule has 0 atom stereocenters. The van der Waals surface area contributed by atoms with Crippen LogP contribution in [0.5, 0.6) is 5.75 Å². The maximum Gasteiger partial charge on any atom is 0.238 e. The Morgan fingerprint density at radius 3 is 2.55 bits per heavy atom. The fraction of sp³-hybridized carbons (Fsp3) is 0.538. The van der Waals surface area contributed by atoms with Crippen molar-refractivity contribution in [3.05, 3.63) is 18.2 Å². The summed E-state index contributed by atoms with van der Waals surface area (Å²) in [7, 11) is -3.73. The van der Waals surface area contributed by atoms with Crippen LogP contribution in [0, 0.1) is 0 Å². The summed E-state index contributed by atoms with van der Waals surface area (Å²) in [5.41, 5.74) is 6.19. The lowest BCUT2D eigenvalue weighted by Crippen LogP contribution is -2.33. The Hall–Kier alpha value is -1.31. The molecule has 0 bridgehead atoms. The molecule has 1 aromatic carbocycles. The van der Waals surface area contributed by atoms with Gasteiger partial charge in [0.1, 0.15) is 12.4 Å². The number of nitrogen functional groups attached to an aromatic ring is 1. The number of rotatable bonds is 5. The van der Waals surface area contributed by atoms with Crippen molar-refractivity contribution >= 4 is 15.7 Å². The van der Waals surface area contributed by atoms with Crippen LogP contribution in [0.3, 0.4) is 0 Å². The van der Waals surface area contributed by atoms with Gasteiger partial charge in [-0.15, -0.1) is 0 Å². The predicted octanol–water partition coefficient (Wildman–Crippen LogP) is 0.781. The summed E-state index contributed by atoms with van der Waals surface area (Å²) in [6, 6.07) is 4.25. The molecule has 7 heteroatoms. The van der Waals surface area contributed by atoms with E-state index in [2.05, 4.69) is 4.90 Å². The van der Waals surface area contributed by atoms with E-state index in [4.69, 9.17) is 15.6 Å². The zero-order chi connectivity index (χ0) is 14.6. The first-order chi connectivity index (χ1) is 9.47. The molecule has 0 amide bonds. The monoisotopic (exact) mass is 299 g/mol. The summed E-state index contributed by atoms with van der Waals surface area (Å²) < 4.78 is 28.2. The molecule has 0 radical (unpaired) electrons. The van der Waals surface area contributed by atoms with Crippen LogP contribution in [-0.4, -0.2) is 39.6 Å².